The molecule has 2 aromatic heterocycles. The van der Waals surface area contributed by atoms with Gasteiger partial charge in [0.15, 0.2) is 4.88 Å². The predicted molar refractivity (Wildman–Crippen MR) is 106 cm³/mol. The highest BCUT2D eigenvalue weighted by Gasteiger charge is 2.20. The number of carbonyl (C=O) groups is 1. The highest BCUT2D eigenvalue weighted by Crippen LogP contribution is 2.34. The van der Waals surface area contributed by atoms with Crippen LogP contribution in [0.2, 0.25) is 0 Å². The molecule has 0 N–H and O–H groups in total. The van der Waals surface area contributed by atoms with Crippen LogP contribution in [0.4, 0.5) is 0 Å². The van der Waals surface area contributed by atoms with E-state index in [2.05, 4.69) is 4.98 Å². The van der Waals surface area contributed by atoms with Crippen molar-refractivity contribution in [2.24, 2.45) is 0 Å². The monoisotopic (exact) mass is 378 g/mol. The summed E-state index contributed by atoms with van der Waals surface area (Å²) in [4.78, 5) is 17.1. The van der Waals surface area contributed by atoms with Crippen LogP contribution in [-0.4, -0.2) is 22.6 Å². The molecule has 2 aromatic carbocycles. The van der Waals surface area contributed by atoms with Gasteiger partial charge >= 0.3 is 5.97 Å². The summed E-state index contributed by atoms with van der Waals surface area (Å²) in [7, 11) is 1.37. The lowest BCUT2D eigenvalue weighted by Gasteiger charge is -2.08. The lowest BCUT2D eigenvalue weighted by atomic mass is 10.1. The van der Waals surface area contributed by atoms with Crippen LogP contribution in [0.3, 0.4) is 0 Å². The minimum Gasteiger partial charge on any atom is -0.487 e. The van der Waals surface area contributed by atoms with Gasteiger partial charge in [-0.1, -0.05) is 36.4 Å². The Balaban J connectivity index is 1.71. The fourth-order valence-corrected chi connectivity index (χ4v) is 3.89. The van der Waals surface area contributed by atoms with E-state index in [1.54, 1.807) is 6.33 Å². The van der Waals surface area contributed by atoms with Gasteiger partial charge in [0.1, 0.15) is 23.7 Å². The van der Waals surface area contributed by atoms with Crippen molar-refractivity contribution in [3.63, 3.8) is 0 Å². The minimum atomic E-state index is -0.407. The summed E-state index contributed by atoms with van der Waals surface area (Å²) >= 11 is 1.33. The number of aromatic nitrogens is 2. The molecule has 4 rings (SSSR count). The molecule has 0 fully saturated rings. The number of ether oxygens (including phenoxy) is 2. The van der Waals surface area contributed by atoms with E-state index < -0.39 is 5.97 Å². The zero-order valence-electron chi connectivity index (χ0n) is 15.0. The van der Waals surface area contributed by atoms with Gasteiger partial charge in [-0.2, -0.15) is 0 Å². The molecule has 0 atom stereocenters. The Morgan fingerprint density at radius 3 is 2.74 bits per heavy atom. The second-order valence-electron chi connectivity index (χ2n) is 6.09. The van der Waals surface area contributed by atoms with Gasteiger partial charge < -0.3 is 9.47 Å². The Bertz CT molecular complexity index is 1110. The third-order valence-electron chi connectivity index (χ3n) is 4.39. The molecule has 0 radical (unpaired) electrons. The molecule has 0 bridgehead atoms. The first-order valence-corrected chi connectivity index (χ1v) is 9.31. The van der Waals surface area contributed by atoms with Crippen LogP contribution in [0.25, 0.3) is 16.0 Å². The fourth-order valence-electron chi connectivity index (χ4n) is 2.89. The molecule has 0 saturated carbocycles. The van der Waals surface area contributed by atoms with E-state index in [1.807, 2.05) is 66.1 Å². The number of nitrogens with zero attached hydrogens (tertiary/aromatic N) is 2. The molecule has 5 nitrogen and oxygen atoms in total. The molecular formula is C21H18N2O3S. The van der Waals surface area contributed by atoms with E-state index in [0.717, 1.165) is 27.2 Å². The second kappa shape index (κ2) is 7.25. The van der Waals surface area contributed by atoms with Crippen LogP contribution >= 0.6 is 11.3 Å². The van der Waals surface area contributed by atoms with Crippen molar-refractivity contribution in [2.75, 3.05) is 7.11 Å². The van der Waals surface area contributed by atoms with E-state index in [9.17, 15) is 4.79 Å². The molecule has 0 spiro atoms. The zero-order valence-corrected chi connectivity index (χ0v) is 15.8. The number of para-hydroxylation sites is 2. The summed E-state index contributed by atoms with van der Waals surface area (Å²) in [6.45, 7) is 2.42. The van der Waals surface area contributed by atoms with Crippen LogP contribution in [0, 0.1) is 6.92 Å². The number of imidazole rings is 1. The molecule has 0 unspecified atom stereocenters. The summed E-state index contributed by atoms with van der Waals surface area (Å²) in [6.07, 6.45) is 1.75. The Kier molecular flexibility index (Phi) is 4.64. The van der Waals surface area contributed by atoms with Gasteiger partial charge in [0.25, 0.3) is 0 Å². The van der Waals surface area contributed by atoms with Crippen molar-refractivity contribution in [1.82, 2.24) is 9.55 Å². The zero-order chi connectivity index (χ0) is 18.8. The minimum absolute atomic E-state index is 0.386. The average molecular weight is 378 g/mol. The summed E-state index contributed by atoms with van der Waals surface area (Å²) in [6, 6.07) is 17.7. The Morgan fingerprint density at radius 2 is 1.93 bits per heavy atom. The molecule has 0 aliphatic heterocycles. The van der Waals surface area contributed by atoms with Gasteiger partial charge in [0.05, 0.1) is 18.1 Å². The Hall–Kier alpha value is -3.12. The Labute approximate surface area is 160 Å². The Morgan fingerprint density at radius 1 is 1.15 bits per heavy atom. The fraction of sp³-hybridized carbons (Fsp3) is 0.143. The molecule has 0 saturated heterocycles. The predicted octanol–water partition coefficient (Wildman–Crippen LogP) is 4.76. The van der Waals surface area contributed by atoms with Crippen LogP contribution in [0.5, 0.6) is 5.75 Å². The highest BCUT2D eigenvalue weighted by atomic mass is 32.1. The second-order valence-corrected chi connectivity index (χ2v) is 7.12. The number of carbonyl (C=O) groups excluding carboxylic acids is 1. The van der Waals surface area contributed by atoms with E-state index in [-0.39, 0.29) is 0 Å². The van der Waals surface area contributed by atoms with Gasteiger partial charge in [-0.05, 0) is 30.2 Å². The van der Waals surface area contributed by atoms with Crippen LogP contribution in [0.1, 0.15) is 20.8 Å². The smallest absolute Gasteiger partial charge is 0.351 e. The first-order valence-electron chi connectivity index (χ1n) is 8.49. The maximum Gasteiger partial charge on any atom is 0.351 e. The summed E-state index contributed by atoms with van der Waals surface area (Å²) in [5.74, 6) is 0.110. The summed E-state index contributed by atoms with van der Waals surface area (Å²) in [5, 5.41) is 0.851. The van der Waals surface area contributed by atoms with Gasteiger partial charge in [-0.3, -0.25) is 4.57 Å². The third kappa shape index (κ3) is 3.31. The summed E-state index contributed by atoms with van der Waals surface area (Å²) in [5.41, 5.74) is 4.09. The SMILES string of the molecule is COC(=O)c1sc(-n2cnc3ccccc32)cc1OCc1ccccc1C. The van der Waals surface area contributed by atoms with Crippen LogP contribution < -0.4 is 4.74 Å². The largest absolute Gasteiger partial charge is 0.487 e. The van der Waals surface area contributed by atoms with Crippen molar-refractivity contribution >= 4 is 28.3 Å². The number of thiophene rings is 1. The number of esters is 1. The van der Waals surface area contributed by atoms with Crippen LogP contribution in [0.15, 0.2) is 60.9 Å². The topological polar surface area (TPSA) is 53.4 Å². The van der Waals surface area contributed by atoms with Crippen molar-refractivity contribution in [1.29, 1.82) is 0 Å². The van der Waals surface area contributed by atoms with Crippen molar-refractivity contribution in [2.45, 2.75) is 13.5 Å². The molecule has 0 aliphatic rings. The first kappa shape index (κ1) is 17.3. The van der Waals surface area contributed by atoms with Gasteiger partial charge in [-0.25, -0.2) is 9.78 Å². The van der Waals surface area contributed by atoms with Crippen molar-refractivity contribution < 1.29 is 14.3 Å². The lowest BCUT2D eigenvalue weighted by molar-refractivity contribution is 0.0601. The number of benzene rings is 2. The van der Waals surface area contributed by atoms with Gasteiger partial charge in [0.2, 0.25) is 0 Å². The third-order valence-corrected chi connectivity index (χ3v) is 5.49. The van der Waals surface area contributed by atoms with Gasteiger partial charge in [-0.15, -0.1) is 11.3 Å². The molecule has 0 aliphatic carbocycles. The number of hydrogen-bond donors (Lipinski definition) is 0. The van der Waals surface area contributed by atoms with Crippen LogP contribution in [-0.2, 0) is 11.3 Å². The van der Waals surface area contributed by atoms with E-state index in [0.29, 0.717) is 17.2 Å². The molecule has 2 heterocycles. The maximum absolute atomic E-state index is 12.2. The van der Waals surface area contributed by atoms with E-state index >= 15 is 0 Å². The highest BCUT2D eigenvalue weighted by molar-refractivity contribution is 7.16. The van der Waals surface area contributed by atoms with Crippen molar-refractivity contribution in [3.8, 4) is 10.8 Å². The number of hydrogen-bond acceptors (Lipinski definition) is 5. The quantitative estimate of drug-likeness (QED) is 0.470. The molecule has 4 aromatic rings. The molecular weight excluding hydrogens is 360 g/mol. The maximum atomic E-state index is 12.2. The van der Waals surface area contributed by atoms with E-state index in [1.165, 1.54) is 18.4 Å². The van der Waals surface area contributed by atoms with Gasteiger partial charge in [0, 0.05) is 6.07 Å². The molecule has 136 valence electrons. The van der Waals surface area contributed by atoms with Crippen molar-refractivity contribution in [3.05, 3.63) is 76.9 Å². The number of methoxy groups -OCH3 is 1. The number of aryl methyl sites for hydroxylation is 1. The van der Waals surface area contributed by atoms with E-state index in [4.69, 9.17) is 9.47 Å². The standard InChI is InChI=1S/C21H18N2O3S/c1-14-7-3-4-8-15(14)12-26-18-11-19(27-20(18)21(24)25-2)23-13-22-16-9-5-6-10-17(16)23/h3-11,13H,12H2,1-2H3. The summed E-state index contributed by atoms with van der Waals surface area (Å²) < 4.78 is 12.9. The number of fused-ring (bicyclic) bond motifs is 1. The average Bonchev–Trinajstić information content (AvgIpc) is 3.30. The molecule has 6 heteroatoms. The molecule has 0 amide bonds. The normalized spacial score (nSPS) is 10.9. The molecule has 27 heavy (non-hydrogen) atoms. The first-order chi connectivity index (χ1) is 13.2. The lowest BCUT2D eigenvalue weighted by Crippen LogP contribution is -2.03. The number of rotatable bonds is 5.